The van der Waals surface area contributed by atoms with E-state index >= 15 is 0 Å². The minimum atomic E-state index is -1.01. The Labute approximate surface area is 367 Å². The Balaban J connectivity index is 0.982. The Bertz CT molecular complexity index is 2240. The van der Waals surface area contributed by atoms with Crippen molar-refractivity contribution in [1.82, 2.24) is 15.5 Å². The Hall–Kier alpha value is -6.70. The summed E-state index contributed by atoms with van der Waals surface area (Å²) in [5.74, 6) is -0.0727. The monoisotopic (exact) mass is 855 g/mol. The number of fused-ring (bicyclic) bond motifs is 3. The molecule has 7 rings (SSSR count). The average molecular weight is 856 g/mol. The molecule has 0 radical (unpaired) electrons. The number of methoxy groups -OCH3 is 2. The SMILES string of the molecule is CNC(=O)CCC(=O)O[C@@H]1C[C@@H](C(=O)NCCOCCOC(c2ccccc2)(c2ccc(OC)cc2)c2ccc(OC)cc2)N(C(=O)OCC2c3ccccc3-c3ccccc32)C1. The summed E-state index contributed by atoms with van der Waals surface area (Å²) in [5.41, 5.74) is 5.99. The van der Waals surface area contributed by atoms with Crippen LogP contribution in [0.5, 0.6) is 11.5 Å². The van der Waals surface area contributed by atoms with E-state index in [4.69, 9.17) is 28.4 Å². The molecule has 0 spiro atoms. The molecular weight excluding hydrogens is 803 g/mol. The van der Waals surface area contributed by atoms with Gasteiger partial charge in [0, 0.05) is 32.4 Å². The summed E-state index contributed by atoms with van der Waals surface area (Å²) >= 11 is 0. The Morgan fingerprint density at radius 1 is 0.683 bits per heavy atom. The second-order valence-corrected chi connectivity index (χ2v) is 15.2. The third-order valence-electron chi connectivity index (χ3n) is 11.5. The van der Waals surface area contributed by atoms with Crippen LogP contribution in [0.4, 0.5) is 4.79 Å². The lowest BCUT2D eigenvalue weighted by Gasteiger charge is -2.36. The van der Waals surface area contributed by atoms with Crippen LogP contribution in [0.2, 0.25) is 0 Å². The largest absolute Gasteiger partial charge is 0.497 e. The molecule has 5 aromatic rings. The summed E-state index contributed by atoms with van der Waals surface area (Å²) in [6.07, 6.45) is -1.57. The smallest absolute Gasteiger partial charge is 0.410 e. The molecule has 1 heterocycles. The van der Waals surface area contributed by atoms with Gasteiger partial charge >= 0.3 is 12.1 Å². The molecule has 0 saturated carbocycles. The van der Waals surface area contributed by atoms with E-state index in [1.54, 1.807) is 14.2 Å². The summed E-state index contributed by atoms with van der Waals surface area (Å²) in [4.78, 5) is 53.3. The Kier molecular flexibility index (Phi) is 14.7. The van der Waals surface area contributed by atoms with Crippen molar-refractivity contribution in [2.45, 2.75) is 42.9 Å². The highest BCUT2D eigenvalue weighted by molar-refractivity contribution is 5.87. The standard InChI is InChI=1S/C50H53N3O10/c1-51-46(54)25-26-47(55)63-39-31-45(53(32-39)49(57)61-33-44-42-15-9-7-13-40(42)41-14-8-10-16-43(41)44)48(56)52-27-28-60-29-30-62-50(34-11-5-4-6-12-34,35-17-21-37(58-2)22-18-35)36-19-23-38(59-3)24-20-36/h4-24,39,44-45H,25-33H2,1-3H3,(H,51,54)(H,52,56)/t39-,45+/m1/s1. The summed E-state index contributed by atoms with van der Waals surface area (Å²) in [6.45, 7) is 0.734. The molecular formula is C50H53N3O10. The van der Waals surface area contributed by atoms with Crippen LogP contribution in [0, 0.1) is 0 Å². The van der Waals surface area contributed by atoms with Gasteiger partial charge in [-0.1, -0.05) is 103 Å². The Morgan fingerprint density at radius 3 is 1.84 bits per heavy atom. The van der Waals surface area contributed by atoms with Crippen LogP contribution in [0.15, 0.2) is 127 Å². The first-order valence-electron chi connectivity index (χ1n) is 21.1. The number of amides is 3. The van der Waals surface area contributed by atoms with Crippen LogP contribution < -0.4 is 20.1 Å². The molecule has 0 aromatic heterocycles. The number of rotatable bonds is 19. The second-order valence-electron chi connectivity index (χ2n) is 15.2. The number of likely N-dealkylation sites (tertiary alicyclic amines) is 1. The summed E-state index contributed by atoms with van der Waals surface area (Å²) in [7, 11) is 4.74. The van der Waals surface area contributed by atoms with Gasteiger partial charge in [0.25, 0.3) is 0 Å². The fourth-order valence-corrected chi connectivity index (χ4v) is 8.39. The van der Waals surface area contributed by atoms with Crippen molar-refractivity contribution in [2.24, 2.45) is 0 Å². The van der Waals surface area contributed by atoms with Gasteiger partial charge in [0.15, 0.2) is 0 Å². The van der Waals surface area contributed by atoms with Gasteiger partial charge in [-0.15, -0.1) is 0 Å². The van der Waals surface area contributed by atoms with Crippen LogP contribution in [-0.4, -0.2) is 102 Å². The minimum absolute atomic E-state index is 0.0384. The van der Waals surface area contributed by atoms with Crippen molar-refractivity contribution in [2.75, 3.05) is 60.8 Å². The average Bonchev–Trinajstić information content (AvgIpc) is 3.90. The fraction of sp³-hybridized carbons (Fsp3) is 0.320. The zero-order chi connectivity index (χ0) is 44.2. The molecule has 5 aromatic carbocycles. The highest BCUT2D eigenvalue weighted by Gasteiger charge is 2.43. The maximum Gasteiger partial charge on any atom is 0.410 e. The zero-order valence-electron chi connectivity index (χ0n) is 35.8. The van der Waals surface area contributed by atoms with Gasteiger partial charge in [-0.2, -0.15) is 0 Å². The van der Waals surface area contributed by atoms with Crippen molar-refractivity contribution >= 4 is 23.9 Å². The molecule has 2 atom stereocenters. The molecule has 13 nitrogen and oxygen atoms in total. The van der Waals surface area contributed by atoms with Gasteiger partial charge < -0.3 is 39.1 Å². The van der Waals surface area contributed by atoms with Crippen molar-refractivity contribution in [1.29, 1.82) is 0 Å². The number of carbonyl (C=O) groups is 4. The molecule has 3 amide bonds. The van der Waals surface area contributed by atoms with Crippen LogP contribution >= 0.6 is 0 Å². The van der Waals surface area contributed by atoms with E-state index < -0.39 is 35.7 Å². The third-order valence-corrected chi connectivity index (χ3v) is 11.5. The Morgan fingerprint density at radius 2 is 1.25 bits per heavy atom. The number of ether oxygens (including phenoxy) is 6. The predicted molar refractivity (Wildman–Crippen MR) is 235 cm³/mol. The molecule has 0 bridgehead atoms. The molecule has 0 unspecified atom stereocenters. The number of hydrogen-bond donors (Lipinski definition) is 2. The van der Waals surface area contributed by atoms with E-state index in [9.17, 15) is 19.2 Å². The lowest BCUT2D eigenvalue weighted by atomic mass is 9.80. The van der Waals surface area contributed by atoms with Crippen molar-refractivity contribution in [3.63, 3.8) is 0 Å². The molecule has 2 N–H and O–H groups in total. The van der Waals surface area contributed by atoms with E-state index in [0.717, 1.165) is 38.9 Å². The van der Waals surface area contributed by atoms with Crippen LogP contribution in [0.3, 0.4) is 0 Å². The van der Waals surface area contributed by atoms with Crippen molar-refractivity contribution in [3.05, 3.63) is 155 Å². The summed E-state index contributed by atoms with van der Waals surface area (Å²) in [5, 5.41) is 5.37. The van der Waals surface area contributed by atoms with E-state index in [-0.39, 0.29) is 70.6 Å². The number of carbonyl (C=O) groups excluding carboxylic acids is 4. The van der Waals surface area contributed by atoms with Gasteiger partial charge in [0.2, 0.25) is 11.8 Å². The molecule has 13 heteroatoms. The fourth-order valence-electron chi connectivity index (χ4n) is 8.39. The normalized spacial score (nSPS) is 15.5. The van der Waals surface area contributed by atoms with E-state index in [1.807, 2.05) is 115 Å². The van der Waals surface area contributed by atoms with Gasteiger partial charge in [-0.3, -0.25) is 19.3 Å². The number of nitrogens with one attached hydrogen (secondary N) is 2. The predicted octanol–water partition coefficient (Wildman–Crippen LogP) is 6.61. The highest BCUT2D eigenvalue weighted by Crippen LogP contribution is 2.45. The maximum atomic E-state index is 13.8. The minimum Gasteiger partial charge on any atom is -0.497 e. The maximum absolute atomic E-state index is 13.8. The lowest BCUT2D eigenvalue weighted by molar-refractivity contribution is -0.149. The van der Waals surface area contributed by atoms with Gasteiger partial charge in [-0.05, 0) is 63.2 Å². The topological polar surface area (TPSA) is 151 Å². The van der Waals surface area contributed by atoms with Crippen LogP contribution in [-0.2, 0) is 38.9 Å². The van der Waals surface area contributed by atoms with E-state index in [0.29, 0.717) is 11.5 Å². The number of benzene rings is 5. The quantitative estimate of drug-likeness (QED) is 0.0528. The molecule has 1 saturated heterocycles. The summed E-state index contributed by atoms with van der Waals surface area (Å²) in [6, 6.07) is 40.6. The van der Waals surface area contributed by atoms with E-state index in [2.05, 4.69) is 22.8 Å². The second kappa shape index (κ2) is 20.9. The number of esters is 1. The molecule has 1 aliphatic heterocycles. The number of nitrogens with zero attached hydrogens (tertiary/aromatic N) is 1. The van der Waals surface area contributed by atoms with Crippen molar-refractivity contribution in [3.8, 4) is 22.6 Å². The van der Waals surface area contributed by atoms with Gasteiger partial charge in [-0.25, -0.2) is 4.79 Å². The van der Waals surface area contributed by atoms with Gasteiger partial charge in [0.1, 0.15) is 35.9 Å². The molecule has 328 valence electrons. The van der Waals surface area contributed by atoms with Gasteiger partial charge in [0.05, 0.1) is 47.0 Å². The molecule has 2 aliphatic rings. The molecule has 63 heavy (non-hydrogen) atoms. The van der Waals surface area contributed by atoms with Crippen LogP contribution in [0.25, 0.3) is 11.1 Å². The molecule has 1 aliphatic carbocycles. The summed E-state index contributed by atoms with van der Waals surface area (Å²) < 4.78 is 35.3. The lowest BCUT2D eigenvalue weighted by Crippen LogP contribution is -2.47. The van der Waals surface area contributed by atoms with E-state index in [1.165, 1.54) is 11.9 Å². The highest BCUT2D eigenvalue weighted by atomic mass is 16.6. The zero-order valence-corrected chi connectivity index (χ0v) is 35.8. The first-order valence-corrected chi connectivity index (χ1v) is 21.1. The van der Waals surface area contributed by atoms with Crippen LogP contribution in [0.1, 0.15) is 53.0 Å². The number of hydrogen-bond acceptors (Lipinski definition) is 10. The first kappa shape index (κ1) is 44.4. The first-order chi connectivity index (χ1) is 30.7. The third kappa shape index (κ3) is 10.2. The van der Waals surface area contributed by atoms with Crippen molar-refractivity contribution < 1.29 is 47.6 Å². The molecule has 1 fully saturated rings.